The lowest BCUT2D eigenvalue weighted by Crippen LogP contribution is -2.29. The Labute approximate surface area is 85.7 Å². The van der Waals surface area contributed by atoms with Crippen LogP contribution in [0.4, 0.5) is 0 Å². The summed E-state index contributed by atoms with van der Waals surface area (Å²) in [6.45, 7) is 3.12. The SMILES string of the molecule is CCC(CNC)C(N)c1cccnc1. The molecule has 0 fully saturated rings. The van der Waals surface area contributed by atoms with Crippen molar-refractivity contribution in [3.63, 3.8) is 0 Å². The zero-order valence-electron chi connectivity index (χ0n) is 8.90. The summed E-state index contributed by atoms with van der Waals surface area (Å²) in [6.07, 6.45) is 4.70. The fourth-order valence-electron chi connectivity index (χ4n) is 1.63. The summed E-state index contributed by atoms with van der Waals surface area (Å²) in [4.78, 5) is 4.08. The Bertz CT molecular complexity index is 248. The highest BCUT2D eigenvalue weighted by Gasteiger charge is 2.16. The van der Waals surface area contributed by atoms with E-state index >= 15 is 0 Å². The molecule has 0 saturated carbocycles. The Morgan fingerprint density at radius 3 is 2.86 bits per heavy atom. The molecule has 14 heavy (non-hydrogen) atoms. The van der Waals surface area contributed by atoms with Crippen LogP contribution in [0.1, 0.15) is 24.9 Å². The van der Waals surface area contributed by atoms with E-state index < -0.39 is 0 Å². The molecule has 0 aliphatic rings. The van der Waals surface area contributed by atoms with Crippen LogP contribution in [0.3, 0.4) is 0 Å². The molecule has 0 saturated heterocycles. The maximum absolute atomic E-state index is 6.16. The van der Waals surface area contributed by atoms with Gasteiger partial charge in [-0.2, -0.15) is 0 Å². The predicted molar refractivity (Wildman–Crippen MR) is 58.9 cm³/mol. The lowest BCUT2D eigenvalue weighted by atomic mass is 9.92. The molecule has 1 aromatic rings. The molecular weight excluding hydrogens is 174 g/mol. The average molecular weight is 193 g/mol. The highest BCUT2D eigenvalue weighted by molar-refractivity contribution is 5.14. The molecule has 3 N–H and O–H groups in total. The number of nitrogens with two attached hydrogens (primary N) is 1. The van der Waals surface area contributed by atoms with Crippen molar-refractivity contribution in [1.82, 2.24) is 10.3 Å². The number of hydrogen-bond acceptors (Lipinski definition) is 3. The Morgan fingerprint density at radius 2 is 2.36 bits per heavy atom. The van der Waals surface area contributed by atoms with Crippen molar-refractivity contribution < 1.29 is 0 Å². The second-order valence-electron chi connectivity index (χ2n) is 3.54. The minimum Gasteiger partial charge on any atom is -0.324 e. The third kappa shape index (κ3) is 2.79. The van der Waals surface area contributed by atoms with Crippen molar-refractivity contribution in [2.45, 2.75) is 19.4 Å². The molecule has 78 valence electrons. The summed E-state index contributed by atoms with van der Waals surface area (Å²) in [5.74, 6) is 0.476. The number of hydrogen-bond donors (Lipinski definition) is 2. The van der Waals surface area contributed by atoms with Crippen LogP contribution in [0.15, 0.2) is 24.5 Å². The highest BCUT2D eigenvalue weighted by Crippen LogP contribution is 2.20. The van der Waals surface area contributed by atoms with Gasteiger partial charge in [0.1, 0.15) is 0 Å². The molecule has 0 spiro atoms. The van der Waals surface area contributed by atoms with Crippen molar-refractivity contribution in [2.75, 3.05) is 13.6 Å². The average Bonchev–Trinajstić information content (AvgIpc) is 2.26. The minimum atomic E-state index is 0.0844. The van der Waals surface area contributed by atoms with Gasteiger partial charge in [0, 0.05) is 18.4 Å². The Kier molecular flexibility index (Phi) is 4.56. The Hall–Kier alpha value is -0.930. The van der Waals surface area contributed by atoms with E-state index in [1.54, 1.807) is 6.20 Å². The summed E-state index contributed by atoms with van der Waals surface area (Å²) in [5.41, 5.74) is 7.28. The predicted octanol–water partition coefficient (Wildman–Crippen LogP) is 1.33. The highest BCUT2D eigenvalue weighted by atomic mass is 14.8. The van der Waals surface area contributed by atoms with Crippen LogP contribution in [-0.4, -0.2) is 18.6 Å². The smallest absolute Gasteiger partial charge is 0.0350 e. The van der Waals surface area contributed by atoms with Crippen LogP contribution in [0.25, 0.3) is 0 Å². The van der Waals surface area contributed by atoms with Gasteiger partial charge in [0.25, 0.3) is 0 Å². The summed E-state index contributed by atoms with van der Waals surface area (Å²) in [6, 6.07) is 4.05. The van der Waals surface area contributed by atoms with Gasteiger partial charge in [-0.25, -0.2) is 0 Å². The number of rotatable bonds is 5. The molecular formula is C11H19N3. The molecule has 3 nitrogen and oxygen atoms in total. The van der Waals surface area contributed by atoms with E-state index in [0.717, 1.165) is 18.5 Å². The van der Waals surface area contributed by atoms with Crippen molar-refractivity contribution in [2.24, 2.45) is 11.7 Å². The Morgan fingerprint density at radius 1 is 1.57 bits per heavy atom. The fourth-order valence-corrected chi connectivity index (χ4v) is 1.63. The zero-order valence-corrected chi connectivity index (χ0v) is 8.90. The molecule has 0 amide bonds. The van der Waals surface area contributed by atoms with Gasteiger partial charge in [-0.1, -0.05) is 19.4 Å². The number of aromatic nitrogens is 1. The van der Waals surface area contributed by atoms with Crippen LogP contribution >= 0.6 is 0 Å². The van der Waals surface area contributed by atoms with Crippen LogP contribution in [0, 0.1) is 5.92 Å². The first-order valence-electron chi connectivity index (χ1n) is 5.09. The van der Waals surface area contributed by atoms with E-state index in [2.05, 4.69) is 17.2 Å². The molecule has 1 rings (SSSR count). The van der Waals surface area contributed by atoms with Gasteiger partial charge in [0.2, 0.25) is 0 Å². The largest absolute Gasteiger partial charge is 0.324 e. The molecule has 0 bridgehead atoms. The van der Waals surface area contributed by atoms with Crippen molar-refractivity contribution >= 4 is 0 Å². The second-order valence-corrected chi connectivity index (χ2v) is 3.54. The quantitative estimate of drug-likeness (QED) is 0.741. The van der Waals surface area contributed by atoms with Crippen LogP contribution in [-0.2, 0) is 0 Å². The molecule has 0 aliphatic heterocycles. The molecule has 2 unspecified atom stereocenters. The first kappa shape index (κ1) is 11.1. The molecule has 1 aromatic heterocycles. The van der Waals surface area contributed by atoms with Crippen LogP contribution in [0.2, 0.25) is 0 Å². The molecule has 0 radical (unpaired) electrons. The van der Waals surface area contributed by atoms with Gasteiger partial charge in [0.05, 0.1) is 0 Å². The molecule has 0 aliphatic carbocycles. The monoisotopic (exact) mass is 193 g/mol. The number of pyridine rings is 1. The van der Waals surface area contributed by atoms with Gasteiger partial charge < -0.3 is 11.1 Å². The molecule has 0 aromatic carbocycles. The van der Waals surface area contributed by atoms with E-state index in [1.165, 1.54) is 0 Å². The van der Waals surface area contributed by atoms with E-state index in [9.17, 15) is 0 Å². The van der Waals surface area contributed by atoms with Crippen molar-refractivity contribution in [1.29, 1.82) is 0 Å². The summed E-state index contributed by atoms with van der Waals surface area (Å²) in [5, 5.41) is 3.17. The third-order valence-corrected chi connectivity index (χ3v) is 2.57. The van der Waals surface area contributed by atoms with E-state index in [0.29, 0.717) is 5.92 Å². The molecule has 2 atom stereocenters. The normalized spacial score (nSPS) is 15.1. The number of nitrogens with zero attached hydrogens (tertiary/aromatic N) is 1. The van der Waals surface area contributed by atoms with Gasteiger partial charge in [0.15, 0.2) is 0 Å². The first-order chi connectivity index (χ1) is 6.79. The maximum atomic E-state index is 6.16. The molecule has 1 heterocycles. The first-order valence-corrected chi connectivity index (χ1v) is 5.09. The maximum Gasteiger partial charge on any atom is 0.0350 e. The van der Waals surface area contributed by atoms with Crippen molar-refractivity contribution in [3.8, 4) is 0 Å². The zero-order chi connectivity index (χ0) is 10.4. The lowest BCUT2D eigenvalue weighted by Gasteiger charge is -2.22. The van der Waals surface area contributed by atoms with Crippen LogP contribution in [0.5, 0.6) is 0 Å². The molecule has 3 heteroatoms. The summed E-state index contributed by atoms with van der Waals surface area (Å²) < 4.78 is 0. The number of nitrogens with one attached hydrogen (secondary N) is 1. The topological polar surface area (TPSA) is 50.9 Å². The standard InChI is InChI=1S/C11H19N3/c1-3-9(7-13-2)11(12)10-5-4-6-14-8-10/h4-6,8-9,11,13H,3,7,12H2,1-2H3. The van der Waals surface area contributed by atoms with Gasteiger partial charge in [-0.15, -0.1) is 0 Å². The second kappa shape index (κ2) is 5.73. The minimum absolute atomic E-state index is 0.0844. The Balaban J connectivity index is 2.67. The van der Waals surface area contributed by atoms with Gasteiger partial charge in [-0.3, -0.25) is 4.98 Å². The lowest BCUT2D eigenvalue weighted by molar-refractivity contribution is 0.402. The van der Waals surface area contributed by atoms with Gasteiger partial charge in [-0.05, 0) is 31.1 Å². The van der Waals surface area contributed by atoms with E-state index in [-0.39, 0.29) is 6.04 Å². The van der Waals surface area contributed by atoms with E-state index in [4.69, 9.17) is 5.73 Å². The third-order valence-electron chi connectivity index (χ3n) is 2.57. The fraction of sp³-hybridized carbons (Fsp3) is 0.545. The van der Waals surface area contributed by atoms with Gasteiger partial charge >= 0.3 is 0 Å². The van der Waals surface area contributed by atoms with E-state index in [1.807, 2.05) is 25.4 Å². The summed E-state index contributed by atoms with van der Waals surface area (Å²) >= 11 is 0. The van der Waals surface area contributed by atoms with Crippen LogP contribution < -0.4 is 11.1 Å². The summed E-state index contributed by atoms with van der Waals surface area (Å²) in [7, 11) is 1.96. The van der Waals surface area contributed by atoms with Crippen molar-refractivity contribution in [3.05, 3.63) is 30.1 Å².